The summed E-state index contributed by atoms with van der Waals surface area (Å²) < 4.78 is 8.19. The van der Waals surface area contributed by atoms with Crippen LogP contribution in [0.5, 0.6) is 5.75 Å². The van der Waals surface area contributed by atoms with Gasteiger partial charge in [-0.1, -0.05) is 17.2 Å². The molecule has 4 aromatic rings. The SMILES string of the molecule is COc1ccc(-n2c(=O)c3ccccc3n3nnnc23)cc1. The van der Waals surface area contributed by atoms with Crippen LogP contribution in [0.4, 0.5) is 0 Å². The molecular formula is C15H11N5O2. The van der Waals surface area contributed by atoms with Gasteiger partial charge in [-0.2, -0.15) is 4.52 Å². The molecule has 0 N–H and O–H groups in total. The van der Waals surface area contributed by atoms with Gasteiger partial charge in [-0.15, -0.1) is 0 Å². The highest BCUT2D eigenvalue weighted by Gasteiger charge is 2.14. The van der Waals surface area contributed by atoms with Crippen molar-refractivity contribution in [3.05, 3.63) is 58.9 Å². The molecule has 0 saturated heterocycles. The van der Waals surface area contributed by atoms with E-state index in [2.05, 4.69) is 15.5 Å². The highest BCUT2D eigenvalue weighted by atomic mass is 16.5. The molecule has 2 aromatic heterocycles. The first-order valence-electron chi connectivity index (χ1n) is 6.66. The second-order valence-corrected chi connectivity index (χ2v) is 4.75. The zero-order valence-corrected chi connectivity index (χ0v) is 11.7. The molecule has 0 amide bonds. The fourth-order valence-electron chi connectivity index (χ4n) is 2.49. The maximum atomic E-state index is 12.8. The molecule has 0 aliphatic heterocycles. The van der Waals surface area contributed by atoms with Crippen LogP contribution in [0.15, 0.2) is 53.3 Å². The summed E-state index contributed by atoms with van der Waals surface area (Å²) in [5.74, 6) is 1.09. The van der Waals surface area contributed by atoms with Gasteiger partial charge in [-0.25, -0.2) is 4.57 Å². The number of fused-ring (bicyclic) bond motifs is 3. The summed E-state index contributed by atoms with van der Waals surface area (Å²) in [6.07, 6.45) is 0. The van der Waals surface area contributed by atoms with E-state index in [1.54, 1.807) is 42.0 Å². The predicted molar refractivity (Wildman–Crippen MR) is 80.4 cm³/mol. The first-order valence-corrected chi connectivity index (χ1v) is 6.66. The molecule has 0 radical (unpaired) electrons. The van der Waals surface area contributed by atoms with Gasteiger partial charge in [0.15, 0.2) is 0 Å². The zero-order valence-electron chi connectivity index (χ0n) is 11.7. The number of ether oxygens (including phenoxy) is 1. The van der Waals surface area contributed by atoms with Crippen molar-refractivity contribution in [2.24, 2.45) is 0 Å². The molecule has 0 aliphatic carbocycles. The Kier molecular flexibility index (Phi) is 2.65. The number of hydrogen-bond acceptors (Lipinski definition) is 5. The molecule has 0 spiro atoms. The lowest BCUT2D eigenvalue weighted by Gasteiger charge is -2.09. The van der Waals surface area contributed by atoms with Crippen LogP contribution in [0.1, 0.15) is 0 Å². The summed E-state index contributed by atoms with van der Waals surface area (Å²) in [5, 5.41) is 12.2. The Hall–Kier alpha value is -3.22. The minimum Gasteiger partial charge on any atom is -0.497 e. The maximum absolute atomic E-state index is 12.8. The lowest BCUT2D eigenvalue weighted by Crippen LogP contribution is -2.21. The number of methoxy groups -OCH3 is 1. The third-order valence-corrected chi connectivity index (χ3v) is 3.55. The Labute approximate surface area is 124 Å². The first kappa shape index (κ1) is 12.5. The Bertz CT molecular complexity index is 1030. The van der Waals surface area contributed by atoms with Crippen molar-refractivity contribution in [1.29, 1.82) is 0 Å². The van der Waals surface area contributed by atoms with Crippen molar-refractivity contribution in [1.82, 2.24) is 24.6 Å². The fourth-order valence-corrected chi connectivity index (χ4v) is 2.49. The summed E-state index contributed by atoms with van der Waals surface area (Å²) in [6, 6.07) is 14.4. The third kappa shape index (κ3) is 1.69. The van der Waals surface area contributed by atoms with E-state index in [1.807, 2.05) is 18.2 Å². The van der Waals surface area contributed by atoms with Crippen LogP contribution in [0.3, 0.4) is 0 Å². The van der Waals surface area contributed by atoms with E-state index in [9.17, 15) is 4.79 Å². The van der Waals surface area contributed by atoms with Gasteiger partial charge in [-0.3, -0.25) is 4.79 Å². The number of aromatic nitrogens is 5. The number of hydrogen-bond donors (Lipinski definition) is 0. The summed E-state index contributed by atoms with van der Waals surface area (Å²) in [5.41, 5.74) is 1.19. The number of para-hydroxylation sites is 1. The number of benzene rings is 2. The van der Waals surface area contributed by atoms with Gasteiger partial charge in [0.05, 0.1) is 23.7 Å². The van der Waals surface area contributed by atoms with Crippen LogP contribution in [0, 0.1) is 0 Å². The van der Waals surface area contributed by atoms with Crippen molar-refractivity contribution in [2.45, 2.75) is 0 Å². The lowest BCUT2D eigenvalue weighted by molar-refractivity contribution is 0.414. The Morgan fingerprint density at radius 3 is 2.59 bits per heavy atom. The fraction of sp³-hybridized carbons (Fsp3) is 0.0667. The Morgan fingerprint density at radius 2 is 1.82 bits per heavy atom. The van der Waals surface area contributed by atoms with E-state index in [-0.39, 0.29) is 5.56 Å². The number of tetrazole rings is 1. The number of rotatable bonds is 2. The van der Waals surface area contributed by atoms with E-state index in [1.165, 1.54) is 4.57 Å². The number of nitrogens with zero attached hydrogens (tertiary/aromatic N) is 5. The van der Waals surface area contributed by atoms with Gasteiger partial charge < -0.3 is 4.74 Å². The van der Waals surface area contributed by atoms with Gasteiger partial charge in [0.1, 0.15) is 5.75 Å². The molecule has 0 atom stereocenters. The van der Waals surface area contributed by atoms with Crippen LogP contribution < -0.4 is 10.3 Å². The van der Waals surface area contributed by atoms with Crippen molar-refractivity contribution in [3.8, 4) is 11.4 Å². The predicted octanol–water partition coefficient (Wildman–Crippen LogP) is 1.44. The smallest absolute Gasteiger partial charge is 0.267 e. The monoisotopic (exact) mass is 293 g/mol. The quantitative estimate of drug-likeness (QED) is 0.559. The highest BCUT2D eigenvalue weighted by Crippen LogP contribution is 2.17. The van der Waals surface area contributed by atoms with Crippen molar-refractivity contribution in [3.63, 3.8) is 0 Å². The van der Waals surface area contributed by atoms with Gasteiger partial charge in [0.2, 0.25) is 0 Å². The first-order chi connectivity index (χ1) is 10.8. The Balaban J connectivity index is 2.12. The largest absolute Gasteiger partial charge is 0.497 e. The Morgan fingerprint density at radius 1 is 1.05 bits per heavy atom. The normalized spacial score (nSPS) is 11.1. The van der Waals surface area contributed by atoms with Gasteiger partial charge >= 0.3 is 0 Å². The van der Waals surface area contributed by atoms with Crippen LogP contribution in [-0.2, 0) is 0 Å². The summed E-state index contributed by atoms with van der Waals surface area (Å²) >= 11 is 0. The van der Waals surface area contributed by atoms with E-state index >= 15 is 0 Å². The van der Waals surface area contributed by atoms with Crippen LogP contribution in [0.25, 0.3) is 22.4 Å². The second kappa shape index (κ2) is 4.66. The van der Waals surface area contributed by atoms with Crippen molar-refractivity contribution < 1.29 is 4.74 Å². The molecule has 4 rings (SSSR count). The van der Waals surface area contributed by atoms with E-state index in [0.717, 1.165) is 0 Å². The third-order valence-electron chi connectivity index (χ3n) is 3.55. The highest BCUT2D eigenvalue weighted by molar-refractivity contribution is 5.80. The lowest BCUT2D eigenvalue weighted by atomic mass is 10.2. The van der Waals surface area contributed by atoms with Crippen molar-refractivity contribution in [2.75, 3.05) is 7.11 Å². The second-order valence-electron chi connectivity index (χ2n) is 4.75. The van der Waals surface area contributed by atoms with E-state index in [4.69, 9.17) is 4.74 Å². The molecule has 7 heteroatoms. The molecule has 2 heterocycles. The molecule has 0 saturated carbocycles. The van der Waals surface area contributed by atoms with Crippen LogP contribution >= 0.6 is 0 Å². The molecule has 0 fully saturated rings. The minimum atomic E-state index is -0.164. The standard InChI is InChI=1S/C15H11N5O2/c1-22-11-8-6-10(7-9-11)19-14(21)12-4-2-3-5-13(12)20-15(19)16-17-18-20/h2-9H,1H3. The van der Waals surface area contributed by atoms with Gasteiger partial charge in [-0.05, 0) is 46.8 Å². The summed E-state index contributed by atoms with van der Waals surface area (Å²) in [7, 11) is 1.60. The molecule has 108 valence electrons. The van der Waals surface area contributed by atoms with Crippen LogP contribution in [0.2, 0.25) is 0 Å². The molecule has 0 bridgehead atoms. The van der Waals surface area contributed by atoms with Crippen molar-refractivity contribution >= 4 is 16.7 Å². The molecular weight excluding hydrogens is 282 g/mol. The van der Waals surface area contributed by atoms with E-state index < -0.39 is 0 Å². The minimum absolute atomic E-state index is 0.164. The molecule has 2 aromatic carbocycles. The molecule has 0 aliphatic rings. The average Bonchev–Trinajstić information content (AvgIpc) is 3.05. The zero-order chi connectivity index (χ0) is 15.1. The molecule has 22 heavy (non-hydrogen) atoms. The molecule has 7 nitrogen and oxygen atoms in total. The van der Waals surface area contributed by atoms with E-state index in [0.29, 0.717) is 28.1 Å². The average molecular weight is 293 g/mol. The van der Waals surface area contributed by atoms with Gasteiger partial charge in [0, 0.05) is 0 Å². The summed E-state index contributed by atoms with van der Waals surface area (Å²) in [4.78, 5) is 12.8. The topological polar surface area (TPSA) is 74.3 Å². The summed E-state index contributed by atoms with van der Waals surface area (Å²) in [6.45, 7) is 0. The van der Waals surface area contributed by atoms with Gasteiger partial charge in [0.25, 0.3) is 11.3 Å². The molecule has 0 unspecified atom stereocenters. The van der Waals surface area contributed by atoms with Crippen LogP contribution in [-0.4, -0.2) is 31.7 Å². The maximum Gasteiger partial charge on any atom is 0.267 e.